The van der Waals surface area contributed by atoms with Crippen molar-refractivity contribution in [2.24, 2.45) is 0 Å². The predicted molar refractivity (Wildman–Crippen MR) is 84.3 cm³/mol. The van der Waals surface area contributed by atoms with E-state index >= 15 is 0 Å². The number of para-hydroxylation sites is 1. The second-order valence-electron chi connectivity index (χ2n) is 5.88. The Balaban J connectivity index is 1.67. The van der Waals surface area contributed by atoms with E-state index in [-0.39, 0.29) is 28.9 Å². The van der Waals surface area contributed by atoms with Gasteiger partial charge in [0, 0.05) is 6.04 Å². The number of rotatable bonds is 3. The number of benzene rings is 1. The molecule has 1 aliphatic rings. The van der Waals surface area contributed by atoms with E-state index in [9.17, 15) is 18.0 Å². The zero-order valence-electron chi connectivity index (χ0n) is 13.1. The quantitative estimate of drug-likeness (QED) is 0.913. The number of hydrogen-bond acceptors (Lipinski definition) is 4. The summed E-state index contributed by atoms with van der Waals surface area (Å²) in [5, 5.41) is 2.96. The van der Waals surface area contributed by atoms with Crippen LogP contribution >= 0.6 is 11.3 Å². The first-order chi connectivity index (χ1) is 11.2. The van der Waals surface area contributed by atoms with Crippen LogP contribution in [0.4, 0.5) is 18.0 Å². The lowest BCUT2D eigenvalue weighted by molar-refractivity contribution is -0.136. The van der Waals surface area contributed by atoms with E-state index in [1.165, 1.54) is 6.07 Å². The van der Waals surface area contributed by atoms with Gasteiger partial charge in [-0.3, -0.25) is 0 Å². The molecule has 0 spiro atoms. The van der Waals surface area contributed by atoms with E-state index in [1.54, 1.807) is 11.0 Å². The Kier molecular flexibility index (Phi) is 4.29. The molecule has 0 radical (unpaired) electrons. The Bertz CT molecular complexity index is 754. The molecule has 1 aromatic heterocycles. The fraction of sp³-hybridized carbons (Fsp3) is 0.467. The third-order valence-corrected chi connectivity index (χ3v) is 4.43. The highest BCUT2D eigenvalue weighted by Crippen LogP contribution is 2.38. The maximum Gasteiger partial charge on any atom is 0.418 e. The fourth-order valence-corrected chi connectivity index (χ4v) is 3.27. The monoisotopic (exact) mass is 359 g/mol. The van der Waals surface area contributed by atoms with Crippen LogP contribution in [0.1, 0.15) is 19.4 Å². The van der Waals surface area contributed by atoms with Gasteiger partial charge in [0.05, 0.1) is 28.9 Å². The number of nitrogens with zero attached hydrogens (tertiary/aromatic N) is 2. The lowest BCUT2D eigenvalue weighted by Gasteiger charge is -2.38. The van der Waals surface area contributed by atoms with Crippen LogP contribution in [0.5, 0.6) is 5.19 Å². The molecule has 1 aliphatic heterocycles. The number of amides is 2. The van der Waals surface area contributed by atoms with Gasteiger partial charge in [0.1, 0.15) is 6.10 Å². The first-order valence-electron chi connectivity index (χ1n) is 7.43. The SMILES string of the molecule is CC(C)NC(=O)N1CC(Oc2nc3c(C(F)(F)F)cccc3s2)C1. The minimum atomic E-state index is -4.45. The molecule has 0 unspecified atom stereocenters. The molecule has 5 nitrogen and oxygen atoms in total. The lowest BCUT2D eigenvalue weighted by Crippen LogP contribution is -2.59. The Morgan fingerprint density at radius 3 is 2.75 bits per heavy atom. The molecule has 2 aromatic rings. The van der Waals surface area contributed by atoms with E-state index in [0.29, 0.717) is 17.8 Å². The van der Waals surface area contributed by atoms with Gasteiger partial charge >= 0.3 is 12.2 Å². The van der Waals surface area contributed by atoms with Crippen LogP contribution in [-0.4, -0.2) is 41.2 Å². The van der Waals surface area contributed by atoms with Gasteiger partial charge in [-0.2, -0.15) is 13.2 Å². The van der Waals surface area contributed by atoms with E-state index in [4.69, 9.17) is 4.74 Å². The zero-order valence-corrected chi connectivity index (χ0v) is 13.9. The number of ether oxygens (including phenoxy) is 1. The van der Waals surface area contributed by atoms with Crippen molar-refractivity contribution in [3.63, 3.8) is 0 Å². The number of urea groups is 1. The number of likely N-dealkylation sites (tertiary alicyclic amines) is 1. The van der Waals surface area contributed by atoms with Crippen molar-refractivity contribution in [1.82, 2.24) is 15.2 Å². The number of alkyl halides is 3. The van der Waals surface area contributed by atoms with Crippen LogP contribution < -0.4 is 10.1 Å². The molecule has 130 valence electrons. The van der Waals surface area contributed by atoms with E-state index in [0.717, 1.165) is 17.4 Å². The highest BCUT2D eigenvalue weighted by molar-refractivity contribution is 7.20. The summed E-state index contributed by atoms with van der Waals surface area (Å²) >= 11 is 1.07. The van der Waals surface area contributed by atoms with Crippen molar-refractivity contribution in [3.05, 3.63) is 23.8 Å². The third kappa shape index (κ3) is 3.40. The van der Waals surface area contributed by atoms with Crippen LogP contribution in [0, 0.1) is 0 Å². The van der Waals surface area contributed by atoms with Gasteiger partial charge in [-0.15, -0.1) is 0 Å². The summed E-state index contributed by atoms with van der Waals surface area (Å²) in [5.74, 6) is 0. The van der Waals surface area contributed by atoms with Gasteiger partial charge in [-0.1, -0.05) is 17.4 Å². The Hall–Kier alpha value is -2.03. The molecular weight excluding hydrogens is 343 g/mol. The Labute approximate surface area is 140 Å². The second kappa shape index (κ2) is 6.12. The number of nitrogens with one attached hydrogen (secondary N) is 1. The van der Waals surface area contributed by atoms with Gasteiger partial charge in [0.2, 0.25) is 0 Å². The molecule has 2 amide bonds. The van der Waals surface area contributed by atoms with Crippen LogP contribution in [0.2, 0.25) is 0 Å². The number of carbonyl (C=O) groups is 1. The highest BCUT2D eigenvalue weighted by Gasteiger charge is 2.35. The number of hydrogen-bond donors (Lipinski definition) is 1. The standard InChI is InChI=1S/C15H16F3N3O2S/c1-8(2)19-13(22)21-6-9(7-21)23-14-20-12-10(15(16,17)18)4-3-5-11(12)24-14/h3-5,8-9H,6-7H2,1-2H3,(H,19,22). The predicted octanol–water partition coefficient (Wildman–Crippen LogP) is 3.50. The molecule has 0 bridgehead atoms. The molecule has 1 aromatic carbocycles. The van der Waals surface area contributed by atoms with Gasteiger partial charge in [-0.25, -0.2) is 9.78 Å². The second-order valence-corrected chi connectivity index (χ2v) is 6.87. The number of aromatic nitrogens is 1. The first-order valence-corrected chi connectivity index (χ1v) is 8.24. The van der Waals surface area contributed by atoms with Gasteiger partial charge in [0.15, 0.2) is 0 Å². The summed E-state index contributed by atoms with van der Waals surface area (Å²) in [6, 6.07) is 3.82. The molecule has 9 heteroatoms. The normalized spacial score (nSPS) is 15.7. The molecule has 1 fully saturated rings. The summed E-state index contributed by atoms with van der Waals surface area (Å²) in [5.41, 5.74) is -0.864. The zero-order chi connectivity index (χ0) is 17.5. The van der Waals surface area contributed by atoms with Gasteiger partial charge in [-0.05, 0) is 26.0 Å². The van der Waals surface area contributed by atoms with Crippen molar-refractivity contribution in [3.8, 4) is 5.19 Å². The summed E-state index contributed by atoms with van der Waals surface area (Å²) in [6.07, 6.45) is -4.70. The van der Waals surface area contributed by atoms with Crippen molar-refractivity contribution in [2.45, 2.75) is 32.2 Å². The number of thiazole rings is 1. The number of fused-ring (bicyclic) bond motifs is 1. The van der Waals surface area contributed by atoms with Crippen LogP contribution in [-0.2, 0) is 6.18 Å². The van der Waals surface area contributed by atoms with Crippen molar-refractivity contribution in [1.29, 1.82) is 0 Å². The summed E-state index contributed by atoms with van der Waals surface area (Å²) in [4.78, 5) is 17.3. The van der Waals surface area contributed by atoms with E-state index in [2.05, 4.69) is 10.3 Å². The molecule has 1 N–H and O–H groups in total. The minimum absolute atomic E-state index is 0.0440. The van der Waals surface area contributed by atoms with Crippen LogP contribution in [0.15, 0.2) is 18.2 Å². The van der Waals surface area contributed by atoms with Crippen molar-refractivity contribution < 1.29 is 22.7 Å². The summed E-state index contributed by atoms with van der Waals surface area (Å²) in [7, 11) is 0. The van der Waals surface area contributed by atoms with E-state index in [1.807, 2.05) is 13.8 Å². The molecular formula is C15H16F3N3O2S. The van der Waals surface area contributed by atoms with Crippen molar-refractivity contribution in [2.75, 3.05) is 13.1 Å². The topological polar surface area (TPSA) is 54.5 Å². The summed E-state index contributed by atoms with van der Waals surface area (Å²) in [6.45, 7) is 4.51. The van der Waals surface area contributed by atoms with Crippen molar-refractivity contribution >= 4 is 27.6 Å². The van der Waals surface area contributed by atoms with E-state index < -0.39 is 11.7 Å². The minimum Gasteiger partial charge on any atom is -0.463 e. The van der Waals surface area contributed by atoms with Crippen LogP contribution in [0.25, 0.3) is 10.2 Å². The number of halogens is 3. The molecule has 24 heavy (non-hydrogen) atoms. The average molecular weight is 359 g/mol. The Morgan fingerprint density at radius 1 is 1.42 bits per heavy atom. The van der Waals surface area contributed by atoms with Gasteiger partial charge < -0.3 is 15.0 Å². The average Bonchev–Trinajstić information content (AvgIpc) is 2.82. The highest BCUT2D eigenvalue weighted by atomic mass is 32.1. The maximum absolute atomic E-state index is 13.0. The molecule has 3 rings (SSSR count). The molecule has 1 saturated heterocycles. The Morgan fingerprint density at radius 2 is 2.12 bits per heavy atom. The van der Waals surface area contributed by atoms with Gasteiger partial charge in [0.25, 0.3) is 5.19 Å². The smallest absolute Gasteiger partial charge is 0.418 e. The maximum atomic E-state index is 13.0. The lowest BCUT2D eigenvalue weighted by atomic mass is 10.2. The fourth-order valence-electron chi connectivity index (χ4n) is 2.37. The summed E-state index contributed by atoms with van der Waals surface area (Å²) < 4.78 is 45.0. The van der Waals surface area contributed by atoms with Crippen LogP contribution in [0.3, 0.4) is 0 Å². The molecule has 2 heterocycles. The number of carbonyl (C=O) groups excluding carboxylic acids is 1. The largest absolute Gasteiger partial charge is 0.463 e. The molecule has 0 atom stereocenters. The molecule has 0 saturated carbocycles. The third-order valence-electron chi connectivity index (χ3n) is 3.52. The first kappa shape index (κ1) is 16.8. The molecule has 0 aliphatic carbocycles.